The average Bonchev–Trinajstić information content (AvgIpc) is 2.41. The molecule has 88 valence electrons. The van der Waals surface area contributed by atoms with Crippen molar-refractivity contribution >= 4 is 16.6 Å². The highest BCUT2D eigenvalue weighted by Crippen LogP contribution is 2.12. The van der Waals surface area contributed by atoms with Gasteiger partial charge in [-0.15, -0.1) is 0 Å². The number of Topliss-reactive ketones (excluding diaryl/α,β-unsaturated/α-hetero) is 1. The van der Waals surface area contributed by atoms with Gasteiger partial charge >= 0.3 is 0 Å². The molecule has 2 aromatic carbocycles. The lowest BCUT2D eigenvalue weighted by atomic mass is 10.00. The molecule has 0 atom stereocenters. The van der Waals surface area contributed by atoms with Crippen molar-refractivity contribution in [2.45, 2.75) is 32.1 Å². The summed E-state index contributed by atoms with van der Waals surface area (Å²) in [4.78, 5) is 10.5. The number of ketones is 1. The van der Waals surface area contributed by atoms with E-state index in [1.807, 2.05) is 0 Å². The maximum Gasteiger partial charge on any atom is 0.132 e. The molecule has 3 rings (SSSR count). The first-order chi connectivity index (χ1) is 8.36. The first-order valence-corrected chi connectivity index (χ1v) is 6.32. The van der Waals surface area contributed by atoms with Gasteiger partial charge in [0.05, 0.1) is 0 Å². The number of hydrogen-bond acceptors (Lipinski definition) is 1. The van der Waals surface area contributed by atoms with Crippen LogP contribution in [0, 0.1) is 0 Å². The first-order valence-electron chi connectivity index (χ1n) is 6.32. The number of rotatable bonds is 0. The van der Waals surface area contributed by atoms with Gasteiger partial charge < -0.3 is 0 Å². The van der Waals surface area contributed by atoms with E-state index in [1.54, 1.807) is 0 Å². The lowest BCUT2D eigenvalue weighted by Gasteiger charge is -2.05. The van der Waals surface area contributed by atoms with E-state index < -0.39 is 0 Å². The SMILES string of the molecule is O=C1CCCCC1.c1ccc2ccccc2c1. The minimum absolute atomic E-state index is 0.464. The van der Waals surface area contributed by atoms with Gasteiger partial charge in [0.15, 0.2) is 0 Å². The number of fused-ring (bicyclic) bond motifs is 1. The van der Waals surface area contributed by atoms with Crippen molar-refractivity contribution < 1.29 is 4.79 Å². The van der Waals surface area contributed by atoms with Crippen molar-refractivity contribution in [3.63, 3.8) is 0 Å². The van der Waals surface area contributed by atoms with Crippen molar-refractivity contribution in [1.82, 2.24) is 0 Å². The molecule has 1 nitrogen and oxygen atoms in total. The summed E-state index contributed by atoms with van der Waals surface area (Å²) in [5.41, 5.74) is 0. The van der Waals surface area contributed by atoms with Crippen LogP contribution >= 0.6 is 0 Å². The molecular weight excluding hydrogens is 208 g/mol. The summed E-state index contributed by atoms with van der Waals surface area (Å²) in [6, 6.07) is 16.7. The Kier molecular flexibility index (Phi) is 4.31. The number of hydrogen-bond donors (Lipinski definition) is 0. The van der Waals surface area contributed by atoms with Gasteiger partial charge in [0.1, 0.15) is 5.78 Å². The summed E-state index contributed by atoms with van der Waals surface area (Å²) >= 11 is 0. The highest BCUT2D eigenvalue weighted by molar-refractivity contribution is 5.82. The second-order valence-electron chi connectivity index (χ2n) is 4.45. The molecule has 2 aromatic rings. The molecule has 1 heteroatoms. The Labute approximate surface area is 102 Å². The zero-order chi connectivity index (χ0) is 11.9. The largest absolute Gasteiger partial charge is 0.300 e. The number of benzene rings is 2. The molecule has 1 fully saturated rings. The molecule has 0 amide bonds. The predicted molar refractivity (Wildman–Crippen MR) is 72.0 cm³/mol. The number of carbonyl (C=O) groups is 1. The van der Waals surface area contributed by atoms with Crippen LogP contribution in [0.3, 0.4) is 0 Å². The summed E-state index contributed by atoms with van der Waals surface area (Å²) in [5.74, 6) is 0.464. The average molecular weight is 226 g/mol. The highest BCUT2D eigenvalue weighted by atomic mass is 16.1. The standard InChI is InChI=1S/C10H8.C6H10O/c1-2-6-10-8-4-3-7-9(10)5-1;7-6-4-2-1-3-5-6/h1-8H;1-5H2. The molecule has 0 aliphatic heterocycles. The summed E-state index contributed by atoms with van der Waals surface area (Å²) in [5, 5.41) is 2.62. The second kappa shape index (κ2) is 6.19. The van der Waals surface area contributed by atoms with E-state index in [-0.39, 0.29) is 0 Å². The maximum absolute atomic E-state index is 10.5. The Bertz CT molecular complexity index is 414. The lowest BCUT2D eigenvalue weighted by molar-refractivity contribution is -0.120. The van der Waals surface area contributed by atoms with Crippen molar-refractivity contribution in [2.75, 3.05) is 0 Å². The molecular formula is C16H18O. The third-order valence-corrected chi connectivity index (χ3v) is 3.07. The van der Waals surface area contributed by atoms with E-state index in [2.05, 4.69) is 48.5 Å². The van der Waals surface area contributed by atoms with Crippen LogP contribution in [0.25, 0.3) is 10.8 Å². The zero-order valence-corrected chi connectivity index (χ0v) is 10.1. The van der Waals surface area contributed by atoms with Crippen LogP contribution in [0.4, 0.5) is 0 Å². The van der Waals surface area contributed by atoms with Crippen molar-refractivity contribution in [2.24, 2.45) is 0 Å². The minimum Gasteiger partial charge on any atom is -0.300 e. The van der Waals surface area contributed by atoms with Crippen molar-refractivity contribution in [3.05, 3.63) is 48.5 Å². The van der Waals surface area contributed by atoms with E-state index in [0.29, 0.717) is 5.78 Å². The fraction of sp³-hybridized carbons (Fsp3) is 0.312. The second-order valence-corrected chi connectivity index (χ2v) is 4.45. The monoisotopic (exact) mass is 226 g/mol. The van der Waals surface area contributed by atoms with E-state index >= 15 is 0 Å². The summed E-state index contributed by atoms with van der Waals surface area (Å²) < 4.78 is 0. The molecule has 17 heavy (non-hydrogen) atoms. The van der Waals surface area contributed by atoms with Crippen LogP contribution in [0.2, 0.25) is 0 Å². The fourth-order valence-electron chi connectivity index (χ4n) is 2.08. The van der Waals surface area contributed by atoms with Gasteiger partial charge in [-0.2, -0.15) is 0 Å². The Morgan fingerprint density at radius 3 is 1.35 bits per heavy atom. The van der Waals surface area contributed by atoms with Gasteiger partial charge in [0.25, 0.3) is 0 Å². The van der Waals surface area contributed by atoms with Gasteiger partial charge in [-0.05, 0) is 23.6 Å². The summed E-state index contributed by atoms with van der Waals surface area (Å²) in [6.07, 6.45) is 5.24. The quantitative estimate of drug-likeness (QED) is 0.652. The van der Waals surface area contributed by atoms with Crippen LogP contribution in [0.15, 0.2) is 48.5 Å². The Morgan fingerprint density at radius 2 is 1.06 bits per heavy atom. The number of carbonyl (C=O) groups excluding carboxylic acids is 1. The van der Waals surface area contributed by atoms with Crippen LogP contribution in [0.1, 0.15) is 32.1 Å². The normalized spacial score (nSPS) is 15.2. The van der Waals surface area contributed by atoms with Crippen LogP contribution in [0.5, 0.6) is 0 Å². The molecule has 0 aromatic heterocycles. The Hall–Kier alpha value is -1.63. The fourth-order valence-corrected chi connectivity index (χ4v) is 2.08. The van der Waals surface area contributed by atoms with Gasteiger partial charge in [-0.25, -0.2) is 0 Å². The van der Waals surface area contributed by atoms with Gasteiger partial charge in [0.2, 0.25) is 0 Å². The topological polar surface area (TPSA) is 17.1 Å². The molecule has 1 saturated carbocycles. The predicted octanol–water partition coefficient (Wildman–Crippen LogP) is 4.36. The molecule has 0 bridgehead atoms. The van der Waals surface area contributed by atoms with E-state index in [9.17, 15) is 4.79 Å². The molecule has 0 N–H and O–H groups in total. The molecule has 1 aliphatic rings. The Balaban J connectivity index is 0.000000136. The van der Waals surface area contributed by atoms with Crippen molar-refractivity contribution in [3.8, 4) is 0 Å². The van der Waals surface area contributed by atoms with E-state index in [0.717, 1.165) is 25.7 Å². The molecule has 0 unspecified atom stereocenters. The summed E-state index contributed by atoms with van der Waals surface area (Å²) in [7, 11) is 0. The van der Waals surface area contributed by atoms with Gasteiger partial charge in [0, 0.05) is 12.8 Å². The van der Waals surface area contributed by atoms with Crippen molar-refractivity contribution in [1.29, 1.82) is 0 Å². The molecule has 1 aliphatic carbocycles. The van der Waals surface area contributed by atoms with Gasteiger partial charge in [-0.1, -0.05) is 55.0 Å². The van der Waals surface area contributed by atoms with E-state index in [1.165, 1.54) is 17.2 Å². The zero-order valence-electron chi connectivity index (χ0n) is 10.1. The third kappa shape index (κ3) is 3.70. The van der Waals surface area contributed by atoms with Crippen LogP contribution < -0.4 is 0 Å². The lowest BCUT2D eigenvalue weighted by Crippen LogP contribution is -2.02. The molecule has 0 saturated heterocycles. The molecule has 0 spiro atoms. The van der Waals surface area contributed by atoms with E-state index in [4.69, 9.17) is 0 Å². The molecule has 0 radical (unpaired) electrons. The summed E-state index contributed by atoms with van der Waals surface area (Å²) in [6.45, 7) is 0. The first kappa shape index (κ1) is 11.8. The molecule has 0 heterocycles. The van der Waals surface area contributed by atoms with Crippen LogP contribution in [-0.2, 0) is 4.79 Å². The minimum atomic E-state index is 0.464. The van der Waals surface area contributed by atoms with Crippen LogP contribution in [-0.4, -0.2) is 5.78 Å². The highest BCUT2D eigenvalue weighted by Gasteiger charge is 2.05. The third-order valence-electron chi connectivity index (χ3n) is 3.07. The smallest absolute Gasteiger partial charge is 0.132 e. The van der Waals surface area contributed by atoms with Gasteiger partial charge in [-0.3, -0.25) is 4.79 Å². The Morgan fingerprint density at radius 1 is 0.647 bits per heavy atom. The maximum atomic E-state index is 10.5.